The van der Waals surface area contributed by atoms with Gasteiger partial charge in [0.05, 0.1) is 12.1 Å². The van der Waals surface area contributed by atoms with Crippen molar-refractivity contribution in [2.24, 2.45) is 12.8 Å². The summed E-state index contributed by atoms with van der Waals surface area (Å²) in [6.07, 6.45) is 0.855. The number of aromatic nitrogens is 1. The third-order valence-electron chi connectivity index (χ3n) is 3.42. The largest absolute Gasteiger partial charge is 0.495 e. The molecule has 0 amide bonds. The Morgan fingerprint density at radius 1 is 1.44 bits per heavy atom. The second-order valence-electron chi connectivity index (χ2n) is 4.81. The number of rotatable bonds is 3. The molecule has 3 nitrogen and oxygen atoms in total. The molecular formula is C14H19ClN2O. The first kappa shape index (κ1) is 13.2. The number of hydrogen-bond acceptors (Lipinski definition) is 2. The maximum Gasteiger partial charge on any atom is 0.138 e. The van der Waals surface area contributed by atoms with Gasteiger partial charge in [0.2, 0.25) is 0 Å². The number of nitrogens with two attached hydrogens (primary N) is 1. The molecule has 0 aliphatic heterocycles. The summed E-state index contributed by atoms with van der Waals surface area (Å²) in [4.78, 5) is 0. The Morgan fingerprint density at radius 3 is 2.67 bits per heavy atom. The second-order valence-corrected chi connectivity index (χ2v) is 5.22. The number of aryl methyl sites for hydroxylation is 1. The predicted octanol–water partition coefficient (Wildman–Crippen LogP) is 3.04. The summed E-state index contributed by atoms with van der Waals surface area (Å²) in [5.74, 6) is 0.709. The Balaban J connectivity index is 2.73. The topological polar surface area (TPSA) is 40.2 Å². The van der Waals surface area contributed by atoms with Gasteiger partial charge in [-0.1, -0.05) is 11.6 Å². The van der Waals surface area contributed by atoms with E-state index in [2.05, 4.69) is 11.5 Å². The third-order valence-corrected chi connectivity index (χ3v) is 3.72. The lowest BCUT2D eigenvalue weighted by atomic mass is 10.0. The van der Waals surface area contributed by atoms with Gasteiger partial charge < -0.3 is 15.0 Å². The molecule has 1 aromatic carbocycles. The molecule has 0 fully saturated rings. The Bertz CT molecular complexity index is 587. The summed E-state index contributed by atoms with van der Waals surface area (Å²) in [6.45, 7) is 4.13. The van der Waals surface area contributed by atoms with Crippen LogP contribution in [0.2, 0.25) is 5.02 Å². The highest BCUT2D eigenvalue weighted by molar-refractivity contribution is 6.32. The van der Waals surface area contributed by atoms with Gasteiger partial charge >= 0.3 is 0 Å². The summed E-state index contributed by atoms with van der Waals surface area (Å²) in [5.41, 5.74) is 9.55. The summed E-state index contributed by atoms with van der Waals surface area (Å²) in [6, 6.07) is 4.09. The molecule has 1 unspecified atom stereocenters. The molecular weight excluding hydrogens is 248 g/mol. The molecule has 0 radical (unpaired) electrons. The maximum atomic E-state index is 6.18. The normalized spacial score (nSPS) is 13.0. The fourth-order valence-electron chi connectivity index (χ4n) is 2.38. The van der Waals surface area contributed by atoms with E-state index in [-0.39, 0.29) is 6.04 Å². The van der Waals surface area contributed by atoms with Crippen LogP contribution in [0.5, 0.6) is 5.75 Å². The van der Waals surface area contributed by atoms with Crippen LogP contribution < -0.4 is 10.5 Å². The smallest absolute Gasteiger partial charge is 0.138 e. The Hall–Kier alpha value is -1.19. The van der Waals surface area contributed by atoms with Crippen molar-refractivity contribution < 1.29 is 4.74 Å². The zero-order chi connectivity index (χ0) is 13.4. The first-order valence-electron chi connectivity index (χ1n) is 6.02. The molecule has 1 heterocycles. The molecule has 0 saturated heterocycles. The van der Waals surface area contributed by atoms with Gasteiger partial charge in [0.15, 0.2) is 0 Å². The van der Waals surface area contributed by atoms with Crippen LogP contribution in [0, 0.1) is 6.92 Å². The summed E-state index contributed by atoms with van der Waals surface area (Å²) < 4.78 is 7.44. The van der Waals surface area contributed by atoms with Gasteiger partial charge in [-0.25, -0.2) is 0 Å². The summed E-state index contributed by atoms with van der Waals surface area (Å²) in [5, 5.41) is 1.81. The fraction of sp³-hybridized carbons (Fsp3) is 0.429. The molecule has 0 spiro atoms. The highest BCUT2D eigenvalue weighted by Crippen LogP contribution is 2.34. The van der Waals surface area contributed by atoms with Crippen molar-refractivity contribution in [3.05, 3.63) is 28.4 Å². The monoisotopic (exact) mass is 266 g/mol. The van der Waals surface area contributed by atoms with Gasteiger partial charge in [-0.2, -0.15) is 0 Å². The van der Waals surface area contributed by atoms with Crippen molar-refractivity contribution in [1.82, 2.24) is 4.57 Å². The third kappa shape index (κ3) is 2.08. The lowest BCUT2D eigenvalue weighted by molar-refractivity contribution is 0.415. The van der Waals surface area contributed by atoms with Crippen molar-refractivity contribution in [1.29, 1.82) is 0 Å². The lowest BCUT2D eigenvalue weighted by Crippen LogP contribution is -2.18. The van der Waals surface area contributed by atoms with Crippen LogP contribution in [0.1, 0.15) is 18.2 Å². The second kappa shape index (κ2) is 4.82. The van der Waals surface area contributed by atoms with E-state index in [1.807, 2.05) is 26.1 Å². The fourth-order valence-corrected chi connectivity index (χ4v) is 2.61. The summed E-state index contributed by atoms with van der Waals surface area (Å²) >= 11 is 6.18. The minimum Gasteiger partial charge on any atom is -0.495 e. The minimum absolute atomic E-state index is 0.135. The van der Waals surface area contributed by atoms with Crippen molar-refractivity contribution in [3.63, 3.8) is 0 Å². The van der Waals surface area contributed by atoms with Gasteiger partial charge in [-0.15, -0.1) is 0 Å². The molecule has 0 saturated carbocycles. The van der Waals surface area contributed by atoms with Gasteiger partial charge in [-0.05, 0) is 38.0 Å². The Kier molecular flexibility index (Phi) is 3.55. The molecule has 1 atom stereocenters. The molecule has 2 rings (SSSR count). The van der Waals surface area contributed by atoms with Crippen LogP contribution in [0.4, 0.5) is 0 Å². The average Bonchev–Trinajstić information content (AvgIpc) is 2.53. The number of nitrogens with zero attached hydrogens (tertiary/aromatic N) is 1. The zero-order valence-corrected chi connectivity index (χ0v) is 12.0. The van der Waals surface area contributed by atoms with Crippen LogP contribution in [0.3, 0.4) is 0 Å². The number of hydrogen-bond donors (Lipinski definition) is 1. The van der Waals surface area contributed by atoms with E-state index in [1.54, 1.807) is 7.11 Å². The average molecular weight is 267 g/mol. The number of ether oxygens (including phenoxy) is 1. The Labute approximate surface area is 112 Å². The molecule has 1 aromatic heterocycles. The highest BCUT2D eigenvalue weighted by Gasteiger charge is 2.15. The van der Waals surface area contributed by atoms with Gasteiger partial charge in [-0.3, -0.25) is 0 Å². The van der Waals surface area contributed by atoms with Crippen LogP contribution in [0.15, 0.2) is 12.1 Å². The first-order valence-corrected chi connectivity index (χ1v) is 6.40. The molecule has 4 heteroatoms. The summed E-state index contributed by atoms with van der Waals surface area (Å²) in [7, 11) is 3.68. The molecule has 98 valence electrons. The van der Waals surface area contributed by atoms with Crippen molar-refractivity contribution in [2.45, 2.75) is 26.3 Å². The minimum atomic E-state index is 0.135. The van der Waals surface area contributed by atoms with Crippen LogP contribution in [0.25, 0.3) is 10.9 Å². The molecule has 0 aliphatic rings. The van der Waals surface area contributed by atoms with Crippen molar-refractivity contribution in [2.75, 3.05) is 7.11 Å². The number of halogens is 1. The number of methoxy groups -OCH3 is 1. The van der Waals surface area contributed by atoms with E-state index in [0.717, 1.165) is 11.9 Å². The van der Waals surface area contributed by atoms with E-state index in [1.165, 1.54) is 16.6 Å². The lowest BCUT2D eigenvalue weighted by Gasteiger charge is -2.07. The molecule has 2 N–H and O–H groups in total. The maximum absolute atomic E-state index is 6.18. The van der Waals surface area contributed by atoms with Crippen molar-refractivity contribution >= 4 is 22.5 Å². The van der Waals surface area contributed by atoms with Gasteiger partial charge in [0.25, 0.3) is 0 Å². The molecule has 0 bridgehead atoms. The Morgan fingerprint density at radius 2 is 2.11 bits per heavy atom. The molecule has 18 heavy (non-hydrogen) atoms. The van der Waals surface area contributed by atoms with E-state index >= 15 is 0 Å². The first-order chi connectivity index (χ1) is 8.45. The van der Waals surface area contributed by atoms with Crippen LogP contribution in [-0.2, 0) is 13.5 Å². The predicted molar refractivity (Wildman–Crippen MR) is 76.6 cm³/mol. The van der Waals surface area contributed by atoms with Gasteiger partial charge in [0, 0.05) is 29.7 Å². The zero-order valence-electron chi connectivity index (χ0n) is 11.2. The van der Waals surface area contributed by atoms with Crippen molar-refractivity contribution in [3.8, 4) is 5.75 Å². The highest BCUT2D eigenvalue weighted by atomic mass is 35.5. The quantitative estimate of drug-likeness (QED) is 0.928. The molecule has 2 aromatic rings. The standard InChI is InChI=1S/C14H19ClN2O/c1-8(16)5-10-9(2)17(3)13-7-12(15)14(18-4)6-11(10)13/h6-8H,5,16H2,1-4H3. The van der Waals surface area contributed by atoms with E-state index in [4.69, 9.17) is 22.1 Å². The van der Waals surface area contributed by atoms with Crippen LogP contribution in [-0.4, -0.2) is 17.7 Å². The SMILES string of the molecule is COc1cc2c(CC(C)N)c(C)n(C)c2cc1Cl. The van der Waals surface area contributed by atoms with E-state index < -0.39 is 0 Å². The van der Waals surface area contributed by atoms with E-state index in [0.29, 0.717) is 10.8 Å². The van der Waals surface area contributed by atoms with E-state index in [9.17, 15) is 0 Å². The number of benzene rings is 1. The van der Waals surface area contributed by atoms with Crippen LogP contribution >= 0.6 is 11.6 Å². The van der Waals surface area contributed by atoms with Gasteiger partial charge in [0.1, 0.15) is 5.75 Å². The number of fused-ring (bicyclic) bond motifs is 1. The molecule has 0 aliphatic carbocycles.